The Hall–Kier alpha value is -1.44. The van der Waals surface area contributed by atoms with E-state index in [4.69, 9.17) is 4.98 Å². The van der Waals surface area contributed by atoms with Crippen molar-refractivity contribution in [2.24, 2.45) is 5.92 Å². The van der Waals surface area contributed by atoms with Crippen molar-refractivity contribution in [3.8, 4) is 0 Å². The Labute approximate surface area is 144 Å². The third kappa shape index (κ3) is 3.48. The number of piperazine rings is 1. The number of rotatable bonds is 4. The summed E-state index contributed by atoms with van der Waals surface area (Å²) in [7, 11) is 0. The van der Waals surface area contributed by atoms with Gasteiger partial charge >= 0.3 is 0 Å². The predicted molar refractivity (Wildman–Crippen MR) is 96.0 cm³/mol. The van der Waals surface area contributed by atoms with Crippen molar-refractivity contribution >= 4 is 11.8 Å². The summed E-state index contributed by atoms with van der Waals surface area (Å²) in [5, 5.41) is 7.19. The highest BCUT2D eigenvalue weighted by atomic mass is 15.4. The van der Waals surface area contributed by atoms with Crippen molar-refractivity contribution in [2.45, 2.75) is 50.7 Å². The lowest BCUT2D eigenvalue weighted by Crippen LogP contribution is -2.51. The molecule has 4 rings (SSSR count). The highest BCUT2D eigenvalue weighted by Crippen LogP contribution is 2.28. The van der Waals surface area contributed by atoms with E-state index in [1.54, 1.807) is 0 Å². The lowest BCUT2D eigenvalue weighted by molar-refractivity contribution is 0.314. The van der Waals surface area contributed by atoms with Gasteiger partial charge in [-0.3, -0.25) is 10.9 Å². The number of hydrazine groups is 1. The number of anilines is 2. The minimum absolute atomic E-state index is 0.516. The molecule has 1 aromatic heterocycles. The summed E-state index contributed by atoms with van der Waals surface area (Å²) in [4.78, 5) is 11.6. The minimum atomic E-state index is 0.516. The standard InChI is InChI=1S/C17H29N7/c1-2-13-11-24(8-7-18-13)17-19-6-5-16(22-17)21-14-3-4-15-12(9-14)10-20-23-15/h5-6,12-15,18,20,23H,2-4,7-11H2,1H3,(H,19,21,22). The van der Waals surface area contributed by atoms with Crippen LogP contribution < -0.4 is 26.4 Å². The molecule has 4 unspecified atom stereocenters. The van der Waals surface area contributed by atoms with Gasteiger partial charge in [-0.15, -0.1) is 0 Å². The molecule has 0 radical (unpaired) electrons. The smallest absolute Gasteiger partial charge is 0.227 e. The van der Waals surface area contributed by atoms with Crippen molar-refractivity contribution in [1.82, 2.24) is 26.1 Å². The predicted octanol–water partition coefficient (Wildman–Crippen LogP) is 0.722. The van der Waals surface area contributed by atoms with Crippen molar-refractivity contribution in [1.29, 1.82) is 0 Å². The molecule has 4 atom stereocenters. The monoisotopic (exact) mass is 331 g/mol. The van der Waals surface area contributed by atoms with E-state index >= 15 is 0 Å². The lowest BCUT2D eigenvalue weighted by atomic mass is 9.83. The van der Waals surface area contributed by atoms with Gasteiger partial charge in [0.1, 0.15) is 5.82 Å². The first-order chi connectivity index (χ1) is 11.8. The van der Waals surface area contributed by atoms with Crippen LogP contribution >= 0.6 is 0 Å². The number of fused-ring (bicyclic) bond motifs is 1. The summed E-state index contributed by atoms with van der Waals surface area (Å²) in [5.41, 5.74) is 6.68. The fraction of sp³-hybridized carbons (Fsp3) is 0.765. The second-order valence-electron chi connectivity index (χ2n) is 7.29. The molecule has 0 bridgehead atoms. The zero-order chi connectivity index (χ0) is 16.4. The molecule has 0 spiro atoms. The van der Waals surface area contributed by atoms with Gasteiger partial charge in [0.15, 0.2) is 0 Å². The van der Waals surface area contributed by atoms with Gasteiger partial charge in [-0.2, -0.15) is 4.98 Å². The summed E-state index contributed by atoms with van der Waals surface area (Å²) >= 11 is 0. The first-order valence-corrected chi connectivity index (χ1v) is 9.38. The van der Waals surface area contributed by atoms with Crippen molar-refractivity contribution in [2.75, 3.05) is 36.4 Å². The van der Waals surface area contributed by atoms with E-state index in [1.807, 2.05) is 12.3 Å². The topological polar surface area (TPSA) is 77.1 Å². The molecule has 7 nitrogen and oxygen atoms in total. The summed E-state index contributed by atoms with van der Waals surface area (Å²) < 4.78 is 0. The molecule has 24 heavy (non-hydrogen) atoms. The summed E-state index contributed by atoms with van der Waals surface area (Å²) in [6.45, 7) is 6.28. The van der Waals surface area contributed by atoms with Crippen molar-refractivity contribution < 1.29 is 0 Å². The van der Waals surface area contributed by atoms with Gasteiger partial charge < -0.3 is 15.5 Å². The lowest BCUT2D eigenvalue weighted by Gasteiger charge is -2.34. The Kier molecular flexibility index (Phi) is 4.82. The zero-order valence-electron chi connectivity index (χ0n) is 14.5. The molecular formula is C17H29N7. The van der Waals surface area contributed by atoms with Crippen LogP contribution in [0.15, 0.2) is 12.3 Å². The zero-order valence-corrected chi connectivity index (χ0v) is 14.5. The van der Waals surface area contributed by atoms with Crippen LogP contribution in [0, 0.1) is 5.92 Å². The number of hydrogen-bond donors (Lipinski definition) is 4. The maximum Gasteiger partial charge on any atom is 0.227 e. The molecule has 3 fully saturated rings. The van der Waals surface area contributed by atoms with Crippen LogP contribution in [0.2, 0.25) is 0 Å². The van der Waals surface area contributed by atoms with Gasteiger partial charge in [-0.1, -0.05) is 6.92 Å². The van der Waals surface area contributed by atoms with E-state index in [9.17, 15) is 0 Å². The van der Waals surface area contributed by atoms with Crippen LogP contribution in [-0.2, 0) is 0 Å². The fourth-order valence-corrected chi connectivity index (χ4v) is 4.20. The van der Waals surface area contributed by atoms with Crippen LogP contribution in [0.4, 0.5) is 11.8 Å². The van der Waals surface area contributed by atoms with Crippen LogP contribution in [-0.4, -0.2) is 54.3 Å². The SMILES string of the molecule is CCC1CN(c2nccc(NC3CCC4NNCC4C3)n2)CCN1. The Bertz CT molecular complexity index is 551. The number of nitrogens with zero attached hydrogens (tertiary/aromatic N) is 3. The van der Waals surface area contributed by atoms with Crippen LogP contribution in [0.25, 0.3) is 0 Å². The first kappa shape index (κ1) is 16.1. The molecule has 3 aliphatic rings. The van der Waals surface area contributed by atoms with E-state index in [0.29, 0.717) is 18.1 Å². The van der Waals surface area contributed by atoms with Crippen LogP contribution in [0.3, 0.4) is 0 Å². The third-order valence-electron chi connectivity index (χ3n) is 5.66. The summed E-state index contributed by atoms with van der Waals surface area (Å²) in [5.74, 6) is 2.56. The molecule has 7 heteroatoms. The molecular weight excluding hydrogens is 302 g/mol. The molecule has 132 valence electrons. The Morgan fingerprint density at radius 2 is 2.33 bits per heavy atom. The first-order valence-electron chi connectivity index (χ1n) is 9.38. The molecule has 4 N–H and O–H groups in total. The van der Waals surface area contributed by atoms with E-state index in [-0.39, 0.29) is 0 Å². The highest BCUT2D eigenvalue weighted by Gasteiger charge is 2.33. The highest BCUT2D eigenvalue weighted by molar-refractivity contribution is 5.42. The van der Waals surface area contributed by atoms with E-state index in [0.717, 1.165) is 50.3 Å². The minimum Gasteiger partial charge on any atom is -0.367 e. The normalized spacial score (nSPS) is 33.3. The fourth-order valence-electron chi connectivity index (χ4n) is 4.20. The maximum absolute atomic E-state index is 4.79. The van der Waals surface area contributed by atoms with E-state index < -0.39 is 0 Å². The van der Waals surface area contributed by atoms with E-state index in [1.165, 1.54) is 19.3 Å². The third-order valence-corrected chi connectivity index (χ3v) is 5.66. The van der Waals surface area contributed by atoms with Crippen LogP contribution in [0.1, 0.15) is 32.6 Å². The van der Waals surface area contributed by atoms with Gasteiger partial charge in [0.05, 0.1) is 0 Å². The molecule has 1 aliphatic carbocycles. The largest absolute Gasteiger partial charge is 0.367 e. The van der Waals surface area contributed by atoms with Gasteiger partial charge in [0.25, 0.3) is 0 Å². The molecule has 0 amide bonds. The average molecular weight is 331 g/mol. The molecule has 3 heterocycles. The van der Waals surface area contributed by atoms with Crippen LogP contribution in [0.5, 0.6) is 0 Å². The van der Waals surface area contributed by atoms with Gasteiger partial charge in [-0.05, 0) is 37.7 Å². The Morgan fingerprint density at radius 1 is 1.38 bits per heavy atom. The average Bonchev–Trinajstić information content (AvgIpc) is 3.10. The van der Waals surface area contributed by atoms with Crippen molar-refractivity contribution in [3.63, 3.8) is 0 Å². The van der Waals surface area contributed by atoms with Gasteiger partial charge in [-0.25, -0.2) is 4.98 Å². The molecule has 0 aromatic carbocycles. The molecule has 2 saturated heterocycles. The molecule has 1 saturated carbocycles. The molecule has 1 aromatic rings. The quantitative estimate of drug-likeness (QED) is 0.648. The maximum atomic E-state index is 4.79. The number of aromatic nitrogens is 2. The van der Waals surface area contributed by atoms with Gasteiger partial charge in [0, 0.05) is 50.5 Å². The molecule has 2 aliphatic heterocycles. The second-order valence-corrected chi connectivity index (χ2v) is 7.29. The number of hydrogen-bond acceptors (Lipinski definition) is 7. The van der Waals surface area contributed by atoms with E-state index in [2.05, 4.69) is 38.3 Å². The second kappa shape index (κ2) is 7.21. The summed E-state index contributed by atoms with van der Waals surface area (Å²) in [6.07, 6.45) is 6.65. The van der Waals surface area contributed by atoms with Crippen molar-refractivity contribution in [3.05, 3.63) is 12.3 Å². The van der Waals surface area contributed by atoms with Gasteiger partial charge in [0.2, 0.25) is 5.95 Å². The Morgan fingerprint density at radius 3 is 3.25 bits per heavy atom. The Balaban J connectivity index is 1.39. The summed E-state index contributed by atoms with van der Waals surface area (Å²) in [6, 6.07) is 3.70. The number of nitrogens with one attached hydrogen (secondary N) is 4.